The lowest BCUT2D eigenvalue weighted by Crippen LogP contribution is -2.29. The Balaban J connectivity index is 2.00. The van der Waals surface area contributed by atoms with E-state index in [2.05, 4.69) is 60.2 Å². The minimum atomic E-state index is 0.658. The van der Waals surface area contributed by atoms with Gasteiger partial charge in [0.15, 0.2) is 0 Å². The molecule has 2 heteroatoms. The molecule has 1 N–H and O–H groups in total. The first-order valence-corrected chi connectivity index (χ1v) is 7.88. The van der Waals surface area contributed by atoms with Crippen molar-refractivity contribution in [2.45, 2.75) is 52.5 Å². The van der Waals surface area contributed by atoms with Crippen LogP contribution in [0.4, 0.5) is 5.69 Å². The van der Waals surface area contributed by atoms with Gasteiger partial charge in [-0.3, -0.25) is 0 Å². The van der Waals surface area contributed by atoms with E-state index in [9.17, 15) is 0 Å². The molecule has 1 aromatic rings. The number of aryl methyl sites for hydroxylation is 1. The molecule has 1 aliphatic rings. The largest absolute Gasteiger partial charge is 0.382 e. The van der Waals surface area contributed by atoms with Gasteiger partial charge in [-0.1, -0.05) is 42.6 Å². The molecule has 1 nitrogen and oxygen atoms in total. The second kappa shape index (κ2) is 6.10. The molecular formula is C16H24BrN. The highest BCUT2D eigenvalue weighted by atomic mass is 79.9. The van der Waals surface area contributed by atoms with Crippen molar-refractivity contribution in [1.29, 1.82) is 0 Å². The van der Waals surface area contributed by atoms with Crippen molar-refractivity contribution >= 4 is 21.6 Å². The zero-order valence-electron chi connectivity index (χ0n) is 11.7. The van der Waals surface area contributed by atoms with Crippen molar-refractivity contribution in [3.63, 3.8) is 0 Å². The van der Waals surface area contributed by atoms with E-state index in [1.807, 2.05) is 0 Å². The van der Waals surface area contributed by atoms with Crippen molar-refractivity contribution in [1.82, 2.24) is 0 Å². The predicted molar refractivity (Wildman–Crippen MR) is 83.1 cm³/mol. The summed E-state index contributed by atoms with van der Waals surface area (Å²) < 4.78 is 1.16. The van der Waals surface area contributed by atoms with Gasteiger partial charge in [0.1, 0.15) is 0 Å². The van der Waals surface area contributed by atoms with Crippen molar-refractivity contribution in [3.8, 4) is 0 Å². The standard InChI is InChI=1S/C16H24BrN/c1-11(2)13-5-4-6-15(10-13)18-16-8-7-14(17)9-12(16)3/h7-9,11,13,15,18H,4-6,10H2,1-3H3. The van der Waals surface area contributed by atoms with E-state index >= 15 is 0 Å². The van der Waals surface area contributed by atoms with Crippen LogP contribution in [-0.4, -0.2) is 6.04 Å². The molecule has 0 bridgehead atoms. The number of rotatable bonds is 3. The Morgan fingerprint density at radius 3 is 2.72 bits per heavy atom. The molecule has 0 radical (unpaired) electrons. The summed E-state index contributed by atoms with van der Waals surface area (Å²) in [5.41, 5.74) is 2.63. The Labute approximate surface area is 119 Å². The summed E-state index contributed by atoms with van der Waals surface area (Å²) in [6.07, 6.45) is 5.43. The molecule has 0 aliphatic heterocycles. The van der Waals surface area contributed by atoms with E-state index in [1.54, 1.807) is 0 Å². The second-order valence-electron chi connectivity index (χ2n) is 5.97. The van der Waals surface area contributed by atoms with E-state index in [0.29, 0.717) is 6.04 Å². The fraction of sp³-hybridized carbons (Fsp3) is 0.625. The average Bonchev–Trinajstić information content (AvgIpc) is 2.33. The highest BCUT2D eigenvalue weighted by Gasteiger charge is 2.24. The number of halogens is 1. The SMILES string of the molecule is Cc1cc(Br)ccc1NC1CCCC(C(C)C)C1. The number of benzene rings is 1. The number of anilines is 1. The molecule has 1 saturated carbocycles. The lowest BCUT2D eigenvalue weighted by molar-refractivity contribution is 0.264. The minimum Gasteiger partial charge on any atom is -0.382 e. The highest BCUT2D eigenvalue weighted by molar-refractivity contribution is 9.10. The average molecular weight is 310 g/mol. The molecule has 1 aromatic carbocycles. The molecule has 100 valence electrons. The smallest absolute Gasteiger partial charge is 0.0372 e. The molecule has 0 aromatic heterocycles. The second-order valence-corrected chi connectivity index (χ2v) is 6.89. The van der Waals surface area contributed by atoms with Crippen LogP contribution < -0.4 is 5.32 Å². The minimum absolute atomic E-state index is 0.658. The number of hydrogen-bond donors (Lipinski definition) is 1. The normalized spacial score (nSPS) is 24.3. The third-order valence-corrected chi connectivity index (χ3v) is 4.70. The zero-order chi connectivity index (χ0) is 13.1. The fourth-order valence-corrected chi connectivity index (χ4v) is 3.45. The molecule has 2 unspecified atom stereocenters. The van der Waals surface area contributed by atoms with Crippen LogP contribution in [0.25, 0.3) is 0 Å². The monoisotopic (exact) mass is 309 g/mol. The van der Waals surface area contributed by atoms with Crippen molar-refractivity contribution in [2.75, 3.05) is 5.32 Å². The molecule has 0 saturated heterocycles. The van der Waals surface area contributed by atoms with Crippen LogP contribution in [0.1, 0.15) is 45.1 Å². The maximum atomic E-state index is 3.74. The van der Waals surface area contributed by atoms with Crippen LogP contribution in [0.15, 0.2) is 22.7 Å². The molecule has 1 fully saturated rings. The van der Waals surface area contributed by atoms with Gasteiger partial charge < -0.3 is 5.32 Å². The molecular weight excluding hydrogens is 286 g/mol. The zero-order valence-corrected chi connectivity index (χ0v) is 13.3. The van der Waals surface area contributed by atoms with E-state index in [-0.39, 0.29) is 0 Å². The van der Waals surface area contributed by atoms with E-state index in [4.69, 9.17) is 0 Å². The maximum Gasteiger partial charge on any atom is 0.0372 e. The van der Waals surface area contributed by atoms with Crippen LogP contribution in [-0.2, 0) is 0 Å². The van der Waals surface area contributed by atoms with Crippen LogP contribution in [0.5, 0.6) is 0 Å². The van der Waals surface area contributed by atoms with Crippen LogP contribution >= 0.6 is 15.9 Å². The Morgan fingerprint density at radius 2 is 2.06 bits per heavy atom. The van der Waals surface area contributed by atoms with Gasteiger partial charge >= 0.3 is 0 Å². The summed E-state index contributed by atoms with van der Waals surface area (Å²) in [5, 5.41) is 3.74. The number of hydrogen-bond acceptors (Lipinski definition) is 1. The quantitative estimate of drug-likeness (QED) is 0.790. The summed E-state index contributed by atoms with van der Waals surface area (Å²) in [7, 11) is 0. The molecule has 1 aliphatic carbocycles. The van der Waals surface area contributed by atoms with Gasteiger partial charge in [0, 0.05) is 16.2 Å². The summed E-state index contributed by atoms with van der Waals surface area (Å²) in [6.45, 7) is 6.89. The van der Waals surface area contributed by atoms with Crippen LogP contribution in [0.3, 0.4) is 0 Å². The van der Waals surface area contributed by atoms with E-state index < -0.39 is 0 Å². The Kier molecular flexibility index (Phi) is 4.71. The third kappa shape index (κ3) is 3.50. The van der Waals surface area contributed by atoms with Gasteiger partial charge in [0.2, 0.25) is 0 Å². The first-order valence-electron chi connectivity index (χ1n) is 7.09. The van der Waals surface area contributed by atoms with Gasteiger partial charge in [-0.2, -0.15) is 0 Å². The Hall–Kier alpha value is -0.500. The lowest BCUT2D eigenvalue weighted by atomic mass is 9.79. The van der Waals surface area contributed by atoms with Crippen molar-refractivity contribution in [2.24, 2.45) is 11.8 Å². The first-order chi connectivity index (χ1) is 8.56. The van der Waals surface area contributed by atoms with E-state index in [0.717, 1.165) is 16.3 Å². The van der Waals surface area contributed by atoms with Gasteiger partial charge in [-0.25, -0.2) is 0 Å². The highest BCUT2D eigenvalue weighted by Crippen LogP contribution is 2.32. The topological polar surface area (TPSA) is 12.0 Å². The molecule has 0 heterocycles. The predicted octanol–water partition coefficient (Wildman–Crippen LogP) is 5.38. The van der Waals surface area contributed by atoms with E-state index in [1.165, 1.54) is 36.9 Å². The summed E-state index contributed by atoms with van der Waals surface area (Å²) in [5.74, 6) is 1.72. The van der Waals surface area contributed by atoms with Crippen molar-refractivity contribution in [3.05, 3.63) is 28.2 Å². The Morgan fingerprint density at radius 1 is 1.28 bits per heavy atom. The summed E-state index contributed by atoms with van der Waals surface area (Å²) >= 11 is 3.52. The Bertz CT molecular complexity index is 400. The third-order valence-electron chi connectivity index (χ3n) is 4.21. The first kappa shape index (κ1) is 13.9. The summed E-state index contributed by atoms with van der Waals surface area (Å²) in [4.78, 5) is 0. The molecule has 0 amide bonds. The van der Waals surface area contributed by atoms with Crippen LogP contribution in [0, 0.1) is 18.8 Å². The number of nitrogens with one attached hydrogen (secondary N) is 1. The summed E-state index contributed by atoms with van der Waals surface area (Å²) in [6, 6.07) is 7.16. The lowest BCUT2D eigenvalue weighted by Gasteiger charge is -2.33. The van der Waals surface area contributed by atoms with Crippen molar-refractivity contribution < 1.29 is 0 Å². The van der Waals surface area contributed by atoms with Gasteiger partial charge in [-0.05, 0) is 55.4 Å². The maximum absolute atomic E-state index is 3.74. The molecule has 2 rings (SSSR count). The van der Waals surface area contributed by atoms with Gasteiger partial charge in [0.05, 0.1) is 0 Å². The molecule has 18 heavy (non-hydrogen) atoms. The van der Waals surface area contributed by atoms with Gasteiger partial charge in [-0.15, -0.1) is 0 Å². The van der Waals surface area contributed by atoms with Crippen LogP contribution in [0.2, 0.25) is 0 Å². The molecule has 0 spiro atoms. The fourth-order valence-electron chi connectivity index (χ4n) is 2.97. The molecule has 2 atom stereocenters. The van der Waals surface area contributed by atoms with Gasteiger partial charge in [0.25, 0.3) is 0 Å².